The second-order valence-corrected chi connectivity index (χ2v) is 5.10. The zero-order valence-corrected chi connectivity index (χ0v) is 10.6. The summed E-state index contributed by atoms with van der Waals surface area (Å²) in [6.45, 7) is 0. The van der Waals surface area contributed by atoms with E-state index >= 15 is 0 Å². The number of aromatic nitrogens is 1. The highest BCUT2D eigenvalue weighted by atomic mass is 14.7. The van der Waals surface area contributed by atoms with E-state index < -0.39 is 0 Å². The van der Waals surface area contributed by atoms with E-state index in [0.717, 1.165) is 6.42 Å². The first kappa shape index (κ1) is 10.6. The molecule has 0 saturated heterocycles. The molecule has 4 rings (SSSR count). The molecule has 1 heterocycles. The number of H-pyrrole nitrogens is 1. The Morgan fingerprint density at radius 3 is 2.58 bits per heavy atom. The normalized spacial score (nSPS) is 17.6. The molecule has 1 aliphatic carbocycles. The molecular weight excluding hydrogens is 230 g/mol. The number of aromatic amines is 1. The van der Waals surface area contributed by atoms with Gasteiger partial charge in [-0.05, 0) is 29.7 Å². The molecule has 2 aromatic carbocycles. The second-order valence-electron chi connectivity index (χ2n) is 5.10. The molecule has 0 fully saturated rings. The van der Waals surface area contributed by atoms with Crippen LogP contribution in [0.4, 0.5) is 0 Å². The predicted molar refractivity (Wildman–Crippen MR) is 80.2 cm³/mol. The van der Waals surface area contributed by atoms with Crippen molar-refractivity contribution in [3.8, 4) is 0 Å². The number of nitrogens with one attached hydrogen (secondary N) is 1. The lowest BCUT2D eigenvalue weighted by atomic mass is 9.84. The monoisotopic (exact) mass is 245 g/mol. The standard InChI is InChI=1S/C18H15N/c1-2-7-13(8-3-1)14-10-6-12-17-18(14)15-9-4-5-11-16(15)19-17/h1-9,11-12,14,19H,10H2. The average molecular weight is 245 g/mol. The van der Waals surface area contributed by atoms with E-state index in [0.29, 0.717) is 5.92 Å². The van der Waals surface area contributed by atoms with Crippen LogP contribution in [0.2, 0.25) is 0 Å². The van der Waals surface area contributed by atoms with E-state index in [4.69, 9.17) is 0 Å². The maximum Gasteiger partial charge on any atom is 0.0461 e. The molecule has 19 heavy (non-hydrogen) atoms. The maximum atomic E-state index is 3.53. The Bertz CT molecular complexity index is 750. The van der Waals surface area contributed by atoms with Crippen LogP contribution >= 0.6 is 0 Å². The smallest absolute Gasteiger partial charge is 0.0461 e. The third kappa shape index (κ3) is 1.62. The number of para-hydroxylation sites is 1. The van der Waals surface area contributed by atoms with Gasteiger partial charge in [-0.1, -0.05) is 54.6 Å². The van der Waals surface area contributed by atoms with Gasteiger partial charge in [-0.2, -0.15) is 0 Å². The van der Waals surface area contributed by atoms with Gasteiger partial charge in [0.25, 0.3) is 0 Å². The van der Waals surface area contributed by atoms with Gasteiger partial charge in [-0.3, -0.25) is 0 Å². The van der Waals surface area contributed by atoms with Gasteiger partial charge in [0.1, 0.15) is 0 Å². The van der Waals surface area contributed by atoms with Gasteiger partial charge >= 0.3 is 0 Å². The molecule has 0 spiro atoms. The number of rotatable bonds is 1. The van der Waals surface area contributed by atoms with E-state index in [-0.39, 0.29) is 0 Å². The van der Waals surface area contributed by atoms with E-state index in [1.807, 2.05) is 0 Å². The minimum Gasteiger partial charge on any atom is -0.355 e. The molecule has 0 saturated carbocycles. The molecule has 0 aliphatic heterocycles. The Balaban J connectivity index is 1.97. The van der Waals surface area contributed by atoms with Crippen LogP contribution in [0.3, 0.4) is 0 Å². The fourth-order valence-electron chi connectivity index (χ4n) is 3.12. The number of allylic oxidation sites excluding steroid dienone is 1. The number of hydrogen-bond donors (Lipinski definition) is 1. The van der Waals surface area contributed by atoms with E-state index in [2.05, 4.69) is 71.7 Å². The van der Waals surface area contributed by atoms with Crippen LogP contribution in [0, 0.1) is 0 Å². The van der Waals surface area contributed by atoms with Crippen LogP contribution in [-0.4, -0.2) is 4.98 Å². The van der Waals surface area contributed by atoms with Crippen molar-refractivity contribution in [1.29, 1.82) is 0 Å². The zero-order chi connectivity index (χ0) is 12.7. The van der Waals surface area contributed by atoms with Gasteiger partial charge in [0.15, 0.2) is 0 Å². The first-order valence-corrected chi connectivity index (χ1v) is 6.75. The predicted octanol–water partition coefficient (Wildman–Crippen LogP) is 4.72. The fourth-order valence-corrected chi connectivity index (χ4v) is 3.12. The van der Waals surface area contributed by atoms with Gasteiger partial charge in [0.05, 0.1) is 0 Å². The highest BCUT2D eigenvalue weighted by molar-refractivity contribution is 5.89. The summed E-state index contributed by atoms with van der Waals surface area (Å²) >= 11 is 0. The molecule has 92 valence electrons. The van der Waals surface area contributed by atoms with Gasteiger partial charge < -0.3 is 4.98 Å². The van der Waals surface area contributed by atoms with Crippen molar-refractivity contribution in [1.82, 2.24) is 4.98 Å². The lowest BCUT2D eigenvalue weighted by molar-refractivity contribution is 0.825. The summed E-state index contributed by atoms with van der Waals surface area (Å²) in [5, 5.41) is 1.36. The third-order valence-electron chi connectivity index (χ3n) is 3.98. The van der Waals surface area contributed by atoms with Crippen molar-refractivity contribution in [2.45, 2.75) is 12.3 Å². The van der Waals surface area contributed by atoms with Crippen LogP contribution in [0.1, 0.15) is 29.2 Å². The van der Waals surface area contributed by atoms with Gasteiger partial charge in [0, 0.05) is 22.5 Å². The average Bonchev–Trinajstić information content (AvgIpc) is 2.86. The summed E-state index contributed by atoms with van der Waals surface area (Å²) in [4.78, 5) is 3.53. The molecule has 1 atom stereocenters. The molecule has 1 N–H and O–H groups in total. The van der Waals surface area contributed by atoms with Crippen molar-refractivity contribution in [2.24, 2.45) is 0 Å². The summed E-state index contributed by atoms with van der Waals surface area (Å²) in [6, 6.07) is 19.4. The summed E-state index contributed by atoms with van der Waals surface area (Å²) in [6.07, 6.45) is 5.57. The SMILES string of the molecule is C1=Cc2[nH]c3ccccc3c2C(c2ccccc2)C1. The Morgan fingerprint density at radius 2 is 1.68 bits per heavy atom. The number of hydrogen-bond acceptors (Lipinski definition) is 0. The van der Waals surface area contributed by atoms with Crippen molar-refractivity contribution in [3.63, 3.8) is 0 Å². The van der Waals surface area contributed by atoms with Crippen molar-refractivity contribution < 1.29 is 0 Å². The summed E-state index contributed by atoms with van der Waals surface area (Å²) in [5.41, 5.74) is 5.35. The minimum absolute atomic E-state index is 0.470. The molecule has 1 nitrogen and oxygen atoms in total. The van der Waals surface area contributed by atoms with Crippen LogP contribution < -0.4 is 0 Å². The van der Waals surface area contributed by atoms with E-state index in [1.165, 1.54) is 27.7 Å². The number of fused-ring (bicyclic) bond motifs is 3. The lowest BCUT2D eigenvalue weighted by Gasteiger charge is -2.20. The highest BCUT2D eigenvalue weighted by Crippen LogP contribution is 2.39. The second kappa shape index (κ2) is 4.13. The van der Waals surface area contributed by atoms with Crippen LogP contribution in [0.25, 0.3) is 17.0 Å². The first-order valence-electron chi connectivity index (χ1n) is 6.75. The molecule has 1 heteroatoms. The third-order valence-corrected chi connectivity index (χ3v) is 3.98. The van der Waals surface area contributed by atoms with E-state index in [1.54, 1.807) is 0 Å². The zero-order valence-electron chi connectivity index (χ0n) is 10.6. The molecule has 1 aliphatic rings. The quantitative estimate of drug-likeness (QED) is 0.638. The largest absolute Gasteiger partial charge is 0.355 e. The number of benzene rings is 2. The Labute approximate surface area is 112 Å². The lowest BCUT2D eigenvalue weighted by Crippen LogP contribution is -2.04. The minimum atomic E-state index is 0.470. The summed E-state index contributed by atoms with van der Waals surface area (Å²) in [5.74, 6) is 0.470. The first-order chi connectivity index (χ1) is 9.43. The van der Waals surface area contributed by atoms with Crippen molar-refractivity contribution in [2.75, 3.05) is 0 Å². The van der Waals surface area contributed by atoms with Crippen molar-refractivity contribution in [3.05, 3.63) is 77.5 Å². The topological polar surface area (TPSA) is 15.8 Å². The van der Waals surface area contributed by atoms with E-state index in [9.17, 15) is 0 Å². The van der Waals surface area contributed by atoms with Crippen LogP contribution in [0.15, 0.2) is 60.7 Å². The van der Waals surface area contributed by atoms with Crippen molar-refractivity contribution >= 4 is 17.0 Å². The van der Waals surface area contributed by atoms with Crippen LogP contribution in [-0.2, 0) is 0 Å². The molecule has 0 radical (unpaired) electrons. The molecule has 3 aromatic rings. The maximum absolute atomic E-state index is 3.53. The molecule has 0 amide bonds. The van der Waals surface area contributed by atoms with Gasteiger partial charge in [-0.15, -0.1) is 0 Å². The summed E-state index contributed by atoms with van der Waals surface area (Å²) < 4.78 is 0. The Hall–Kier alpha value is -2.28. The molecule has 1 aromatic heterocycles. The Kier molecular flexibility index (Phi) is 2.31. The highest BCUT2D eigenvalue weighted by Gasteiger charge is 2.22. The van der Waals surface area contributed by atoms with Crippen LogP contribution in [0.5, 0.6) is 0 Å². The molecule has 1 unspecified atom stereocenters. The summed E-state index contributed by atoms with van der Waals surface area (Å²) in [7, 11) is 0. The molecule has 0 bridgehead atoms. The van der Waals surface area contributed by atoms with Gasteiger partial charge in [0.2, 0.25) is 0 Å². The van der Waals surface area contributed by atoms with Gasteiger partial charge in [-0.25, -0.2) is 0 Å². The fraction of sp³-hybridized carbons (Fsp3) is 0.111. The molecular formula is C18H15N. The Morgan fingerprint density at radius 1 is 0.895 bits per heavy atom.